The number of hydrogen-bond acceptors (Lipinski definition) is 3. The Bertz CT molecular complexity index is 501. The molecule has 19 heavy (non-hydrogen) atoms. The third-order valence-corrected chi connectivity index (χ3v) is 5.02. The Labute approximate surface area is 114 Å². The second-order valence-corrected chi connectivity index (χ2v) is 5.79. The third-order valence-electron chi connectivity index (χ3n) is 5.02. The van der Waals surface area contributed by atoms with Crippen LogP contribution in [0, 0.1) is 22.5 Å². The van der Waals surface area contributed by atoms with Crippen LogP contribution in [0.2, 0.25) is 0 Å². The molecular formula is C15H22N2O2. The highest BCUT2D eigenvalue weighted by Crippen LogP contribution is 2.55. The summed E-state index contributed by atoms with van der Waals surface area (Å²) in [5.74, 6) is 0.412. The fraction of sp³-hybridized carbons (Fsp3) is 0.600. The van der Waals surface area contributed by atoms with Gasteiger partial charge in [0.1, 0.15) is 0 Å². The zero-order chi connectivity index (χ0) is 14.2. The van der Waals surface area contributed by atoms with Crippen molar-refractivity contribution < 1.29 is 4.92 Å². The van der Waals surface area contributed by atoms with E-state index in [0.717, 1.165) is 24.0 Å². The fourth-order valence-corrected chi connectivity index (χ4v) is 3.40. The maximum absolute atomic E-state index is 10.9. The van der Waals surface area contributed by atoms with Gasteiger partial charge >= 0.3 is 0 Å². The Morgan fingerprint density at radius 2 is 2.21 bits per heavy atom. The van der Waals surface area contributed by atoms with Crippen molar-refractivity contribution in [1.82, 2.24) is 5.32 Å². The second-order valence-electron chi connectivity index (χ2n) is 5.79. The van der Waals surface area contributed by atoms with Crippen LogP contribution < -0.4 is 5.32 Å². The third kappa shape index (κ3) is 2.14. The maximum atomic E-state index is 10.9. The standard InChI is InChI=1S/C15H22N2O2/c1-5-15(3)13(9-14(15)16-4)12-8-11(17(18)19)7-6-10(12)2/h6-8,13-14,16H,5,9H2,1-4H3. The molecule has 1 aromatic carbocycles. The molecule has 0 saturated heterocycles. The number of nitrogens with zero attached hydrogens (tertiary/aromatic N) is 1. The van der Waals surface area contributed by atoms with Crippen molar-refractivity contribution in [3.05, 3.63) is 39.4 Å². The van der Waals surface area contributed by atoms with Crippen LogP contribution in [0.1, 0.15) is 43.7 Å². The van der Waals surface area contributed by atoms with Crippen LogP contribution >= 0.6 is 0 Å². The molecule has 2 rings (SSSR count). The minimum atomic E-state index is -0.305. The van der Waals surface area contributed by atoms with Gasteiger partial charge < -0.3 is 5.32 Å². The van der Waals surface area contributed by atoms with Crippen molar-refractivity contribution >= 4 is 5.69 Å². The molecule has 0 aromatic heterocycles. The molecule has 1 N–H and O–H groups in total. The van der Waals surface area contributed by atoms with Gasteiger partial charge in [0.05, 0.1) is 4.92 Å². The molecule has 0 amide bonds. The number of non-ortho nitro benzene ring substituents is 1. The minimum Gasteiger partial charge on any atom is -0.316 e. The Morgan fingerprint density at radius 3 is 2.74 bits per heavy atom. The predicted molar refractivity (Wildman–Crippen MR) is 76.4 cm³/mol. The zero-order valence-corrected chi connectivity index (χ0v) is 12.1. The van der Waals surface area contributed by atoms with Crippen LogP contribution in [0.3, 0.4) is 0 Å². The number of nitro groups is 1. The summed E-state index contributed by atoms with van der Waals surface area (Å²) in [4.78, 5) is 10.6. The molecule has 0 spiro atoms. The summed E-state index contributed by atoms with van der Waals surface area (Å²) >= 11 is 0. The van der Waals surface area contributed by atoms with E-state index >= 15 is 0 Å². The average Bonchev–Trinajstić information content (AvgIpc) is 2.38. The van der Waals surface area contributed by atoms with Gasteiger partial charge in [-0.1, -0.05) is 19.9 Å². The van der Waals surface area contributed by atoms with Crippen molar-refractivity contribution in [1.29, 1.82) is 0 Å². The normalized spacial score (nSPS) is 29.9. The van der Waals surface area contributed by atoms with E-state index in [0.29, 0.717) is 12.0 Å². The monoisotopic (exact) mass is 262 g/mol. The van der Waals surface area contributed by atoms with Gasteiger partial charge in [0, 0.05) is 18.2 Å². The second kappa shape index (κ2) is 4.93. The van der Waals surface area contributed by atoms with Gasteiger partial charge in [0.25, 0.3) is 5.69 Å². The summed E-state index contributed by atoms with van der Waals surface area (Å²) in [6.45, 7) is 6.52. The van der Waals surface area contributed by atoms with Crippen LogP contribution in [0.25, 0.3) is 0 Å². The lowest BCUT2D eigenvalue weighted by atomic mass is 9.53. The summed E-state index contributed by atoms with van der Waals surface area (Å²) in [5.41, 5.74) is 2.69. The summed E-state index contributed by atoms with van der Waals surface area (Å²) in [5, 5.41) is 14.3. The molecule has 1 aliphatic carbocycles. The zero-order valence-electron chi connectivity index (χ0n) is 12.1. The lowest BCUT2D eigenvalue weighted by molar-refractivity contribution is -0.385. The number of hydrogen-bond donors (Lipinski definition) is 1. The Morgan fingerprint density at radius 1 is 1.53 bits per heavy atom. The van der Waals surface area contributed by atoms with E-state index in [4.69, 9.17) is 0 Å². The molecule has 1 aromatic rings. The van der Waals surface area contributed by atoms with E-state index in [-0.39, 0.29) is 16.0 Å². The summed E-state index contributed by atoms with van der Waals surface area (Å²) in [6.07, 6.45) is 2.13. The molecule has 4 heteroatoms. The van der Waals surface area contributed by atoms with Crippen LogP contribution in [0.4, 0.5) is 5.69 Å². The Hall–Kier alpha value is -1.42. The van der Waals surface area contributed by atoms with Gasteiger partial charge in [-0.25, -0.2) is 0 Å². The maximum Gasteiger partial charge on any atom is 0.269 e. The lowest BCUT2D eigenvalue weighted by Crippen LogP contribution is -2.55. The lowest BCUT2D eigenvalue weighted by Gasteiger charge is -2.54. The van der Waals surface area contributed by atoms with Gasteiger partial charge in [0.15, 0.2) is 0 Å². The van der Waals surface area contributed by atoms with E-state index in [1.165, 1.54) is 0 Å². The van der Waals surface area contributed by atoms with E-state index in [9.17, 15) is 10.1 Å². The quantitative estimate of drug-likeness (QED) is 0.668. The number of rotatable bonds is 4. The highest BCUT2D eigenvalue weighted by Gasteiger charge is 2.50. The Balaban J connectivity index is 2.37. The molecule has 1 aliphatic rings. The first-order valence-electron chi connectivity index (χ1n) is 6.86. The molecule has 3 unspecified atom stereocenters. The van der Waals surface area contributed by atoms with Crippen LogP contribution in [0.15, 0.2) is 18.2 Å². The molecule has 3 atom stereocenters. The highest BCUT2D eigenvalue weighted by atomic mass is 16.6. The van der Waals surface area contributed by atoms with Crippen LogP contribution in [0.5, 0.6) is 0 Å². The topological polar surface area (TPSA) is 55.2 Å². The predicted octanol–water partition coefficient (Wildman–Crippen LogP) is 3.39. The van der Waals surface area contributed by atoms with Crippen molar-refractivity contribution in [3.8, 4) is 0 Å². The van der Waals surface area contributed by atoms with E-state index in [1.807, 2.05) is 20.0 Å². The highest BCUT2D eigenvalue weighted by molar-refractivity contribution is 5.43. The number of nitrogens with one attached hydrogen (secondary N) is 1. The first-order valence-corrected chi connectivity index (χ1v) is 6.86. The molecular weight excluding hydrogens is 240 g/mol. The van der Waals surface area contributed by atoms with Crippen LogP contribution in [-0.2, 0) is 0 Å². The van der Waals surface area contributed by atoms with E-state index in [1.54, 1.807) is 12.1 Å². The molecule has 0 radical (unpaired) electrons. The van der Waals surface area contributed by atoms with Crippen LogP contribution in [-0.4, -0.2) is 18.0 Å². The van der Waals surface area contributed by atoms with Gasteiger partial charge in [0.2, 0.25) is 0 Å². The SMILES string of the molecule is CCC1(C)C(NC)CC1c1cc([N+](=O)[O-])ccc1C. The molecule has 0 heterocycles. The average molecular weight is 262 g/mol. The Kier molecular flexibility index (Phi) is 3.63. The molecule has 104 valence electrons. The minimum absolute atomic E-state index is 0.189. The first kappa shape index (κ1) is 14.0. The molecule has 0 bridgehead atoms. The van der Waals surface area contributed by atoms with E-state index in [2.05, 4.69) is 19.2 Å². The number of nitro benzene ring substituents is 1. The van der Waals surface area contributed by atoms with Crippen molar-refractivity contribution in [2.45, 2.75) is 45.6 Å². The molecule has 4 nitrogen and oxygen atoms in total. The summed E-state index contributed by atoms with van der Waals surface area (Å²) < 4.78 is 0. The number of benzene rings is 1. The number of aryl methyl sites for hydroxylation is 1. The molecule has 1 saturated carbocycles. The largest absolute Gasteiger partial charge is 0.316 e. The van der Waals surface area contributed by atoms with Crippen molar-refractivity contribution in [2.24, 2.45) is 5.41 Å². The molecule has 1 fully saturated rings. The fourth-order valence-electron chi connectivity index (χ4n) is 3.40. The smallest absolute Gasteiger partial charge is 0.269 e. The summed E-state index contributed by atoms with van der Waals surface area (Å²) in [6, 6.07) is 5.73. The first-order chi connectivity index (χ1) is 8.93. The molecule has 0 aliphatic heterocycles. The van der Waals surface area contributed by atoms with Gasteiger partial charge in [-0.3, -0.25) is 10.1 Å². The van der Waals surface area contributed by atoms with Crippen molar-refractivity contribution in [3.63, 3.8) is 0 Å². The summed E-state index contributed by atoms with van der Waals surface area (Å²) in [7, 11) is 2.00. The van der Waals surface area contributed by atoms with Gasteiger partial charge in [-0.15, -0.1) is 0 Å². The van der Waals surface area contributed by atoms with Gasteiger partial charge in [-0.2, -0.15) is 0 Å². The van der Waals surface area contributed by atoms with Gasteiger partial charge in [-0.05, 0) is 49.3 Å². The van der Waals surface area contributed by atoms with E-state index < -0.39 is 0 Å². The van der Waals surface area contributed by atoms with Crippen molar-refractivity contribution in [2.75, 3.05) is 7.05 Å².